The van der Waals surface area contributed by atoms with Crippen LogP contribution in [0.15, 0.2) is 103 Å². The van der Waals surface area contributed by atoms with Crippen LogP contribution in [0.2, 0.25) is 0 Å². The summed E-state index contributed by atoms with van der Waals surface area (Å²) in [5.74, 6) is -2.46. The Hall–Kier alpha value is -5.54. The maximum absolute atomic E-state index is 14.4. The smallest absolute Gasteiger partial charge is 0.416 e. The number of carboxylic acid groups (broad SMARTS) is 1. The Labute approximate surface area is 293 Å². The number of rotatable bonds is 8. The molecule has 1 amide bonds. The molecule has 9 heteroatoms. The van der Waals surface area contributed by atoms with Gasteiger partial charge in [-0.2, -0.15) is 13.2 Å². The average Bonchev–Trinajstić information content (AvgIpc) is 3.13. The van der Waals surface area contributed by atoms with Crippen molar-refractivity contribution in [1.29, 1.82) is 0 Å². The number of amides is 1. The van der Waals surface area contributed by atoms with Gasteiger partial charge in [0.1, 0.15) is 0 Å². The first kappa shape index (κ1) is 33.9. The van der Waals surface area contributed by atoms with E-state index in [4.69, 9.17) is 5.73 Å². The first-order chi connectivity index (χ1) is 24.5. The van der Waals surface area contributed by atoms with Crippen LogP contribution >= 0.6 is 0 Å². The highest BCUT2D eigenvalue weighted by molar-refractivity contribution is 6.09. The van der Waals surface area contributed by atoms with E-state index in [2.05, 4.69) is 5.32 Å². The highest BCUT2D eigenvalue weighted by atomic mass is 19.4. The van der Waals surface area contributed by atoms with Gasteiger partial charge in [-0.05, 0) is 124 Å². The molecule has 6 nitrogen and oxygen atoms in total. The predicted octanol–water partition coefficient (Wildman–Crippen LogP) is 9.17. The fourth-order valence-electron chi connectivity index (χ4n) is 7.70. The van der Waals surface area contributed by atoms with E-state index in [1.807, 2.05) is 48.5 Å². The first-order valence-electron chi connectivity index (χ1n) is 16.9. The zero-order chi connectivity index (χ0) is 35.9. The number of hydrogen-bond acceptors (Lipinski definition) is 4. The number of carbonyl (C=O) groups excluding carboxylic acids is 2. The van der Waals surface area contributed by atoms with Crippen LogP contribution in [0.5, 0.6) is 0 Å². The van der Waals surface area contributed by atoms with Crippen LogP contribution in [-0.4, -0.2) is 22.8 Å². The summed E-state index contributed by atoms with van der Waals surface area (Å²) < 4.78 is 41.3. The van der Waals surface area contributed by atoms with Gasteiger partial charge < -0.3 is 16.2 Å². The number of nitrogens with two attached hydrogens (primary N) is 1. The van der Waals surface area contributed by atoms with Crippen LogP contribution in [0.1, 0.15) is 85.2 Å². The van der Waals surface area contributed by atoms with Gasteiger partial charge in [-0.25, -0.2) is 0 Å². The normalized spacial score (nSPS) is 16.4. The zero-order valence-corrected chi connectivity index (χ0v) is 27.6. The van der Waals surface area contributed by atoms with Gasteiger partial charge in [-0.1, -0.05) is 60.7 Å². The molecule has 2 atom stereocenters. The van der Waals surface area contributed by atoms with E-state index in [0.29, 0.717) is 52.9 Å². The van der Waals surface area contributed by atoms with Gasteiger partial charge >= 0.3 is 12.1 Å². The number of carbonyl (C=O) groups is 3. The van der Waals surface area contributed by atoms with Crippen molar-refractivity contribution in [3.05, 3.63) is 148 Å². The molecule has 0 saturated carbocycles. The Morgan fingerprint density at radius 3 is 2.27 bits per heavy atom. The number of aliphatic carboxylic acids is 1. The Kier molecular flexibility index (Phi) is 9.08. The second kappa shape index (κ2) is 13.6. The van der Waals surface area contributed by atoms with E-state index in [-0.39, 0.29) is 30.4 Å². The summed E-state index contributed by atoms with van der Waals surface area (Å²) in [5, 5.41) is 12.5. The molecular formula is C42H35F3N2O4. The van der Waals surface area contributed by atoms with Crippen LogP contribution in [0, 0.1) is 0 Å². The third kappa shape index (κ3) is 6.69. The first-order valence-corrected chi connectivity index (χ1v) is 16.9. The lowest BCUT2D eigenvalue weighted by atomic mass is 9.69. The van der Waals surface area contributed by atoms with Gasteiger partial charge in [-0.15, -0.1) is 0 Å². The third-order valence-corrected chi connectivity index (χ3v) is 10.1. The third-order valence-electron chi connectivity index (χ3n) is 10.1. The maximum atomic E-state index is 14.4. The monoisotopic (exact) mass is 688 g/mol. The summed E-state index contributed by atoms with van der Waals surface area (Å²) in [6.45, 7) is 0.413. The van der Waals surface area contributed by atoms with Gasteiger partial charge in [-0.3, -0.25) is 14.4 Å². The highest BCUT2D eigenvalue weighted by Gasteiger charge is 2.38. The topological polar surface area (TPSA) is 109 Å². The lowest BCUT2D eigenvalue weighted by molar-refractivity contribution is -0.138. The van der Waals surface area contributed by atoms with Crippen LogP contribution in [0.4, 0.5) is 18.9 Å². The summed E-state index contributed by atoms with van der Waals surface area (Å²) in [6.07, 6.45) is -2.39. The molecule has 258 valence electrons. The predicted molar refractivity (Wildman–Crippen MR) is 190 cm³/mol. The van der Waals surface area contributed by atoms with Gasteiger partial charge in [0.15, 0.2) is 5.78 Å². The van der Waals surface area contributed by atoms with Crippen molar-refractivity contribution in [1.82, 2.24) is 0 Å². The summed E-state index contributed by atoms with van der Waals surface area (Å²) >= 11 is 0. The molecular weight excluding hydrogens is 653 g/mol. The Morgan fingerprint density at radius 1 is 0.843 bits per heavy atom. The van der Waals surface area contributed by atoms with Crippen molar-refractivity contribution in [2.24, 2.45) is 5.73 Å². The second-order valence-corrected chi connectivity index (χ2v) is 13.3. The Balaban J connectivity index is 1.20. The molecule has 0 aromatic heterocycles. The molecule has 5 aromatic rings. The number of ketones is 1. The molecule has 0 bridgehead atoms. The minimum atomic E-state index is -4.54. The van der Waals surface area contributed by atoms with Crippen molar-refractivity contribution in [2.75, 3.05) is 5.32 Å². The summed E-state index contributed by atoms with van der Waals surface area (Å²) in [5.41, 5.74) is 13.3. The largest absolute Gasteiger partial charge is 0.481 e. The number of anilines is 1. The molecule has 0 aliphatic heterocycles. The number of Topliss-reactive ketones (excluding diaryl/α,β-unsaturated/α-hetero) is 1. The minimum absolute atomic E-state index is 0.0336. The van der Waals surface area contributed by atoms with Gasteiger partial charge in [0.2, 0.25) is 0 Å². The molecule has 0 saturated heterocycles. The van der Waals surface area contributed by atoms with Crippen molar-refractivity contribution >= 4 is 23.3 Å². The highest BCUT2D eigenvalue weighted by Crippen LogP contribution is 2.48. The number of fused-ring (bicyclic) bond motifs is 5. The van der Waals surface area contributed by atoms with E-state index in [1.165, 1.54) is 6.07 Å². The average molecular weight is 689 g/mol. The molecule has 0 radical (unpaired) electrons. The molecule has 2 unspecified atom stereocenters. The Morgan fingerprint density at radius 2 is 1.57 bits per heavy atom. The fourth-order valence-corrected chi connectivity index (χ4v) is 7.70. The number of hydrogen-bond donors (Lipinski definition) is 3. The standard InChI is InChI=1S/C42H35F3N2O4/c43-42(44,45)29-14-17-33-28(20-29)21-37(39-34-7-3-4-27(22-38(48)49)32(34)18-19-35(33)39)40(50)26-12-15-30(16-13-26)47-41(51)36-6-2-1-5-31(36)25-10-8-24(23-46)9-11-25/h1-2,5-6,8-20,27,37H,3-4,7,21-23,46H2,(H,47,51)(H,48,49). The summed E-state index contributed by atoms with van der Waals surface area (Å²) in [4.78, 5) is 39.6. The van der Waals surface area contributed by atoms with Crippen LogP contribution in [0.25, 0.3) is 22.3 Å². The van der Waals surface area contributed by atoms with E-state index in [9.17, 15) is 32.7 Å². The second-order valence-electron chi connectivity index (χ2n) is 13.3. The molecule has 0 fully saturated rings. The number of benzene rings is 5. The van der Waals surface area contributed by atoms with E-state index in [0.717, 1.165) is 51.9 Å². The molecule has 2 aliphatic rings. The Bertz CT molecular complexity index is 2160. The molecule has 0 heterocycles. The van der Waals surface area contributed by atoms with Crippen molar-refractivity contribution in [2.45, 2.75) is 56.7 Å². The lowest BCUT2D eigenvalue weighted by Gasteiger charge is -2.34. The van der Waals surface area contributed by atoms with Crippen LogP contribution < -0.4 is 11.1 Å². The number of halogens is 3. The molecule has 5 aromatic carbocycles. The number of carboxylic acids is 1. The maximum Gasteiger partial charge on any atom is 0.416 e. The molecule has 7 rings (SSSR count). The van der Waals surface area contributed by atoms with E-state index >= 15 is 0 Å². The zero-order valence-electron chi connectivity index (χ0n) is 27.6. The van der Waals surface area contributed by atoms with Crippen molar-refractivity contribution in [3.8, 4) is 22.3 Å². The fraction of sp³-hybridized carbons (Fsp3) is 0.214. The molecule has 51 heavy (non-hydrogen) atoms. The van der Waals surface area contributed by atoms with Crippen molar-refractivity contribution in [3.63, 3.8) is 0 Å². The summed E-state index contributed by atoms with van der Waals surface area (Å²) in [7, 11) is 0. The number of alkyl halides is 3. The van der Waals surface area contributed by atoms with E-state index in [1.54, 1.807) is 36.4 Å². The van der Waals surface area contributed by atoms with Gasteiger partial charge in [0.05, 0.1) is 17.9 Å². The van der Waals surface area contributed by atoms with E-state index < -0.39 is 23.6 Å². The van der Waals surface area contributed by atoms with Crippen molar-refractivity contribution < 1.29 is 32.7 Å². The summed E-state index contributed by atoms with van der Waals surface area (Å²) in [6, 6.07) is 28.9. The SMILES string of the molecule is NCc1ccc(-c2ccccc2C(=O)Nc2ccc(C(=O)C3Cc4cc(C(F)(F)F)ccc4-c4ccc5c(c43)CCCC5CC(=O)O)cc2)cc1. The minimum Gasteiger partial charge on any atom is -0.481 e. The lowest BCUT2D eigenvalue weighted by Crippen LogP contribution is -2.25. The van der Waals surface area contributed by atoms with Crippen LogP contribution in [0.3, 0.4) is 0 Å². The molecule has 0 spiro atoms. The van der Waals surface area contributed by atoms with Gasteiger partial charge in [0.25, 0.3) is 5.91 Å². The number of nitrogens with one attached hydrogen (secondary N) is 1. The quantitative estimate of drug-likeness (QED) is 0.141. The molecule has 2 aliphatic carbocycles. The van der Waals surface area contributed by atoms with Gasteiger partial charge in [0, 0.05) is 23.4 Å². The molecule has 4 N–H and O–H groups in total. The van der Waals surface area contributed by atoms with Crippen LogP contribution in [-0.2, 0) is 30.4 Å².